The molecule has 30 heavy (non-hydrogen) atoms. The van der Waals surface area contributed by atoms with Gasteiger partial charge in [0.1, 0.15) is 11.5 Å². The van der Waals surface area contributed by atoms with Crippen LogP contribution < -0.4 is 14.8 Å². The van der Waals surface area contributed by atoms with E-state index in [0.29, 0.717) is 24.5 Å². The summed E-state index contributed by atoms with van der Waals surface area (Å²) in [6.45, 7) is 3.45. The Labute approximate surface area is 178 Å². The third kappa shape index (κ3) is 6.96. The van der Waals surface area contributed by atoms with Gasteiger partial charge in [-0.05, 0) is 61.2 Å². The number of aryl methyl sites for hydroxylation is 1. The molecule has 0 saturated carbocycles. The highest BCUT2D eigenvalue weighted by Crippen LogP contribution is 2.19. The third-order valence-electron chi connectivity index (χ3n) is 4.70. The van der Waals surface area contributed by atoms with Crippen LogP contribution in [0, 0.1) is 0 Å². The molecule has 3 rings (SSSR count). The summed E-state index contributed by atoms with van der Waals surface area (Å²) in [5.74, 6) is 1.38. The maximum Gasteiger partial charge on any atom is 0.255 e. The van der Waals surface area contributed by atoms with Crippen molar-refractivity contribution in [3.8, 4) is 11.5 Å². The van der Waals surface area contributed by atoms with Crippen molar-refractivity contribution in [2.75, 3.05) is 18.5 Å². The van der Waals surface area contributed by atoms with E-state index < -0.39 is 0 Å². The average molecular weight is 404 g/mol. The molecule has 0 aliphatic heterocycles. The molecule has 0 fully saturated rings. The number of nitrogens with one attached hydrogen (secondary N) is 1. The van der Waals surface area contributed by atoms with E-state index in [2.05, 4.69) is 36.5 Å². The Morgan fingerprint density at radius 1 is 0.800 bits per heavy atom. The van der Waals surface area contributed by atoms with Gasteiger partial charge in [0.15, 0.2) is 0 Å². The fraction of sp³-hybridized carbons (Fsp3) is 0.269. The van der Waals surface area contributed by atoms with Gasteiger partial charge in [0.2, 0.25) is 0 Å². The van der Waals surface area contributed by atoms with Crippen LogP contribution in [0.3, 0.4) is 0 Å². The highest BCUT2D eigenvalue weighted by atomic mass is 16.5. The van der Waals surface area contributed by atoms with Crippen molar-refractivity contribution in [3.63, 3.8) is 0 Å². The first-order chi connectivity index (χ1) is 14.7. The Balaban J connectivity index is 1.47. The van der Waals surface area contributed by atoms with Crippen LogP contribution in [0.15, 0.2) is 78.9 Å². The van der Waals surface area contributed by atoms with Gasteiger partial charge in [-0.2, -0.15) is 0 Å². The highest BCUT2D eigenvalue weighted by Gasteiger charge is 2.07. The Morgan fingerprint density at radius 2 is 1.53 bits per heavy atom. The first-order valence-corrected chi connectivity index (χ1v) is 10.6. The number of rotatable bonds is 11. The molecule has 0 saturated heterocycles. The molecule has 0 aliphatic carbocycles. The summed E-state index contributed by atoms with van der Waals surface area (Å²) in [6.07, 6.45) is 4.03. The topological polar surface area (TPSA) is 47.6 Å². The SMILES string of the molecule is CCCCOc1ccc(C(=O)Nc2cccc(OCCCc3ccccc3)c2)cc1. The van der Waals surface area contributed by atoms with Gasteiger partial charge in [0.25, 0.3) is 5.91 Å². The van der Waals surface area contributed by atoms with Gasteiger partial charge >= 0.3 is 0 Å². The van der Waals surface area contributed by atoms with Crippen LogP contribution in [0.1, 0.15) is 42.1 Å². The fourth-order valence-electron chi connectivity index (χ4n) is 3.01. The first-order valence-electron chi connectivity index (χ1n) is 10.6. The lowest BCUT2D eigenvalue weighted by atomic mass is 10.1. The van der Waals surface area contributed by atoms with E-state index in [0.717, 1.165) is 37.2 Å². The lowest BCUT2D eigenvalue weighted by molar-refractivity contribution is 0.102. The molecule has 3 aromatic rings. The number of carbonyl (C=O) groups excluding carboxylic acids is 1. The van der Waals surface area contributed by atoms with Gasteiger partial charge in [-0.15, -0.1) is 0 Å². The summed E-state index contributed by atoms with van der Waals surface area (Å²) in [5, 5.41) is 2.93. The van der Waals surface area contributed by atoms with Crippen LogP contribution in [-0.4, -0.2) is 19.1 Å². The minimum Gasteiger partial charge on any atom is -0.494 e. The normalized spacial score (nSPS) is 10.4. The maximum atomic E-state index is 12.5. The van der Waals surface area contributed by atoms with E-state index in [1.165, 1.54) is 5.56 Å². The summed E-state index contributed by atoms with van der Waals surface area (Å²) in [6, 6.07) is 25.1. The van der Waals surface area contributed by atoms with E-state index >= 15 is 0 Å². The van der Waals surface area contributed by atoms with Crippen molar-refractivity contribution in [1.29, 1.82) is 0 Å². The zero-order valence-corrected chi connectivity index (χ0v) is 17.5. The van der Waals surface area contributed by atoms with Crippen LogP contribution in [-0.2, 0) is 6.42 Å². The quantitative estimate of drug-likeness (QED) is 0.392. The zero-order chi connectivity index (χ0) is 21.0. The number of carbonyl (C=O) groups is 1. The summed E-state index contributed by atoms with van der Waals surface area (Å²) >= 11 is 0. The maximum absolute atomic E-state index is 12.5. The summed E-state index contributed by atoms with van der Waals surface area (Å²) in [5.41, 5.74) is 2.61. The molecule has 0 heterocycles. The molecule has 3 aromatic carbocycles. The number of unbranched alkanes of at least 4 members (excludes halogenated alkanes) is 1. The predicted molar refractivity (Wildman–Crippen MR) is 121 cm³/mol. The second-order valence-electron chi connectivity index (χ2n) is 7.15. The van der Waals surface area contributed by atoms with Crippen LogP contribution in [0.4, 0.5) is 5.69 Å². The molecule has 0 unspecified atom stereocenters. The molecular weight excluding hydrogens is 374 g/mol. The Kier molecular flexibility index (Phi) is 8.34. The summed E-state index contributed by atoms with van der Waals surface area (Å²) < 4.78 is 11.5. The molecule has 1 amide bonds. The summed E-state index contributed by atoms with van der Waals surface area (Å²) in [7, 11) is 0. The van der Waals surface area contributed by atoms with Crippen LogP contribution in [0.25, 0.3) is 0 Å². The molecular formula is C26H29NO3. The molecule has 0 radical (unpaired) electrons. The Bertz CT molecular complexity index is 907. The van der Waals surface area contributed by atoms with Crippen molar-refractivity contribution in [1.82, 2.24) is 0 Å². The standard InChI is InChI=1S/C26H29NO3/c1-2-3-18-29-24-16-14-22(15-17-24)26(28)27-23-12-7-13-25(20-23)30-19-8-11-21-9-5-4-6-10-21/h4-7,9-10,12-17,20H,2-3,8,11,18-19H2,1H3,(H,27,28). The van der Waals surface area contributed by atoms with Gasteiger partial charge in [-0.25, -0.2) is 0 Å². The minimum atomic E-state index is -0.156. The van der Waals surface area contributed by atoms with Crippen molar-refractivity contribution < 1.29 is 14.3 Å². The third-order valence-corrected chi connectivity index (χ3v) is 4.70. The van der Waals surface area contributed by atoms with Gasteiger partial charge < -0.3 is 14.8 Å². The molecule has 156 valence electrons. The highest BCUT2D eigenvalue weighted by molar-refractivity contribution is 6.04. The zero-order valence-electron chi connectivity index (χ0n) is 17.5. The smallest absolute Gasteiger partial charge is 0.255 e. The van der Waals surface area contributed by atoms with Crippen LogP contribution in [0.2, 0.25) is 0 Å². The largest absolute Gasteiger partial charge is 0.494 e. The van der Waals surface area contributed by atoms with Crippen molar-refractivity contribution in [3.05, 3.63) is 90.0 Å². The fourth-order valence-corrected chi connectivity index (χ4v) is 3.01. The van der Waals surface area contributed by atoms with E-state index in [1.807, 2.05) is 42.5 Å². The second-order valence-corrected chi connectivity index (χ2v) is 7.15. The van der Waals surface area contributed by atoms with Crippen LogP contribution >= 0.6 is 0 Å². The van der Waals surface area contributed by atoms with Gasteiger partial charge in [-0.1, -0.05) is 49.7 Å². The van der Waals surface area contributed by atoms with Gasteiger partial charge in [0, 0.05) is 17.3 Å². The van der Waals surface area contributed by atoms with E-state index in [9.17, 15) is 4.79 Å². The van der Waals surface area contributed by atoms with E-state index in [4.69, 9.17) is 9.47 Å². The number of ether oxygens (including phenoxy) is 2. The first kappa shape index (κ1) is 21.4. The number of amides is 1. The van der Waals surface area contributed by atoms with E-state index in [-0.39, 0.29) is 5.91 Å². The average Bonchev–Trinajstić information content (AvgIpc) is 2.78. The molecule has 0 atom stereocenters. The number of hydrogen-bond donors (Lipinski definition) is 1. The molecule has 0 spiro atoms. The minimum absolute atomic E-state index is 0.156. The Hall–Kier alpha value is -3.27. The van der Waals surface area contributed by atoms with E-state index in [1.54, 1.807) is 12.1 Å². The molecule has 0 aliphatic rings. The number of hydrogen-bond acceptors (Lipinski definition) is 3. The van der Waals surface area contributed by atoms with Crippen LogP contribution in [0.5, 0.6) is 11.5 Å². The van der Waals surface area contributed by atoms with Crippen molar-refractivity contribution in [2.45, 2.75) is 32.6 Å². The molecule has 1 N–H and O–H groups in total. The molecule has 0 aromatic heterocycles. The molecule has 4 nitrogen and oxygen atoms in total. The molecule has 4 heteroatoms. The molecule has 0 bridgehead atoms. The lowest BCUT2D eigenvalue weighted by Gasteiger charge is -2.10. The predicted octanol–water partition coefficient (Wildman–Crippen LogP) is 6.13. The van der Waals surface area contributed by atoms with Gasteiger partial charge in [0.05, 0.1) is 13.2 Å². The summed E-state index contributed by atoms with van der Waals surface area (Å²) in [4.78, 5) is 12.5. The van der Waals surface area contributed by atoms with Gasteiger partial charge in [-0.3, -0.25) is 4.79 Å². The second kappa shape index (κ2) is 11.7. The Morgan fingerprint density at radius 3 is 2.30 bits per heavy atom. The monoisotopic (exact) mass is 403 g/mol. The van der Waals surface area contributed by atoms with Crippen molar-refractivity contribution >= 4 is 11.6 Å². The number of benzene rings is 3. The van der Waals surface area contributed by atoms with Crippen molar-refractivity contribution in [2.24, 2.45) is 0 Å². The lowest BCUT2D eigenvalue weighted by Crippen LogP contribution is -2.12. The number of anilines is 1.